The van der Waals surface area contributed by atoms with Gasteiger partial charge in [0.15, 0.2) is 0 Å². The number of nitrogen functional groups attached to an aromatic ring is 2. The summed E-state index contributed by atoms with van der Waals surface area (Å²) in [7, 11) is 0. The molecule has 6 aromatic heterocycles. The molecule has 0 spiro atoms. The van der Waals surface area contributed by atoms with Crippen LogP contribution in [0.1, 0.15) is 102 Å². The number of aromatic nitrogens is 8. The monoisotopic (exact) mass is 875 g/mol. The number of hydrogen-bond donors (Lipinski definition) is 4. The zero-order valence-electron chi connectivity index (χ0n) is 40.0. The number of rotatable bonds is 5. The lowest BCUT2D eigenvalue weighted by atomic mass is 10.1. The van der Waals surface area contributed by atoms with Crippen LogP contribution in [0, 0.1) is 54.3 Å². The fourth-order valence-electron chi connectivity index (χ4n) is 5.41. The molecular weight excluding hydrogens is 804 g/mol. The van der Waals surface area contributed by atoms with E-state index in [0.717, 1.165) is 75.6 Å². The van der Waals surface area contributed by atoms with Gasteiger partial charge in [-0.05, 0) is 150 Å². The third-order valence-electron chi connectivity index (χ3n) is 9.12. The lowest BCUT2D eigenvalue weighted by molar-refractivity contribution is -0.909. The average molecular weight is 875 g/mol. The fraction of sp³-hybridized carbons (Fsp3) is 0.333. The second-order valence-corrected chi connectivity index (χ2v) is 14.7. The highest BCUT2D eigenvalue weighted by Crippen LogP contribution is 2.10. The molecule has 7 aromatic rings. The summed E-state index contributed by atoms with van der Waals surface area (Å²) in [6.45, 7) is 24.2. The molecule has 0 aliphatic rings. The van der Waals surface area contributed by atoms with Gasteiger partial charge in [0.05, 0.1) is 0 Å². The molecule has 13 heteroatoms. The maximum atomic E-state index is 12.5. The molecule has 12 nitrogen and oxygen atoms in total. The Bertz CT molecular complexity index is 2150. The SMILES string of the molecule is CCc1c[n+](O)ccc1C.CCc1cc(C)cc[n+]1O.CCc1cc(C)ccn1.CCc1cc(F)ccc1C.CCc1nccc(C)n1.Cc1ccnc(N)c1.Cc1ccnc(N)n1. The van der Waals surface area contributed by atoms with E-state index >= 15 is 0 Å². The Labute approximate surface area is 381 Å². The Morgan fingerprint density at radius 2 is 1.11 bits per heavy atom. The molecule has 0 unspecified atom stereocenters. The van der Waals surface area contributed by atoms with Gasteiger partial charge in [0.1, 0.15) is 17.5 Å². The smallest absolute Gasteiger partial charge is 0.234 e. The first kappa shape index (κ1) is 55.1. The van der Waals surface area contributed by atoms with Crippen LogP contribution in [0.4, 0.5) is 16.2 Å². The van der Waals surface area contributed by atoms with Crippen molar-refractivity contribution >= 4 is 11.8 Å². The minimum atomic E-state index is -0.137. The molecule has 0 aliphatic heterocycles. The predicted molar refractivity (Wildman–Crippen MR) is 255 cm³/mol. The standard InChI is InChI=1S/C9H11F.2C8H12NO.C8H11N.C7H10N2.C6H8N2.C5H7N3/c2*1-3-8-6-9(10)5-4-7(8)2;1-3-8-6-7(2)4-5-9(8)10;1-3-8-6-7(2)4-5-9-8;1-3-7-8-5-4-6(2)9-7;1-5-2-3-8-6(7)4-5;1-4-2-3-7-5(6)8-4/h4-6H,3H2,1-2H3;2*4-6,10H,3H2,1-2H3;4-6H,3H2,1-2H3;4-5H,3H2,1-2H3;2-4H,1H3,(H2,7,8);2-3H,1H3,(H2,6,7,8)/q;2*+1;;;;. The van der Waals surface area contributed by atoms with Gasteiger partial charge in [-0.2, -0.15) is 0 Å². The molecule has 0 radical (unpaired) electrons. The molecular formula is C51H71FN10O2+2. The lowest BCUT2D eigenvalue weighted by Crippen LogP contribution is -2.34. The maximum Gasteiger partial charge on any atom is 0.234 e. The van der Waals surface area contributed by atoms with Crippen molar-refractivity contribution < 1.29 is 24.3 Å². The molecule has 7 rings (SSSR count). The van der Waals surface area contributed by atoms with Crippen LogP contribution in [0.15, 0.2) is 116 Å². The molecule has 0 bridgehead atoms. The summed E-state index contributed by atoms with van der Waals surface area (Å²) in [5, 5.41) is 18.1. The summed E-state index contributed by atoms with van der Waals surface area (Å²) >= 11 is 0. The number of pyridine rings is 4. The molecule has 1 aromatic carbocycles. The highest BCUT2D eigenvalue weighted by molar-refractivity contribution is 5.30. The molecule has 64 heavy (non-hydrogen) atoms. The van der Waals surface area contributed by atoms with Crippen LogP contribution in [0.5, 0.6) is 0 Å². The Balaban J connectivity index is 0.000000374. The molecule has 6 N–H and O–H groups in total. The number of halogens is 1. The minimum Gasteiger partial charge on any atom is -0.384 e. The number of aryl methyl sites for hydroxylation is 12. The first-order chi connectivity index (χ1) is 30.4. The maximum absolute atomic E-state index is 12.5. The van der Waals surface area contributed by atoms with E-state index in [0.29, 0.717) is 11.8 Å². The third-order valence-corrected chi connectivity index (χ3v) is 9.12. The normalized spacial score (nSPS) is 9.58. The third kappa shape index (κ3) is 23.9. The largest absolute Gasteiger partial charge is 0.384 e. The summed E-state index contributed by atoms with van der Waals surface area (Å²) in [6, 6.07) is 22.2. The zero-order chi connectivity index (χ0) is 48.0. The Morgan fingerprint density at radius 1 is 0.531 bits per heavy atom. The lowest BCUT2D eigenvalue weighted by Gasteiger charge is -2.00. The summed E-state index contributed by atoms with van der Waals surface area (Å²) < 4.78 is 14.8. The van der Waals surface area contributed by atoms with Gasteiger partial charge in [-0.25, -0.2) is 29.3 Å². The van der Waals surface area contributed by atoms with Crippen molar-refractivity contribution in [2.75, 3.05) is 11.5 Å². The van der Waals surface area contributed by atoms with Crippen LogP contribution in [0.2, 0.25) is 0 Å². The molecule has 0 saturated heterocycles. The number of nitrogens with two attached hydrogens (primary N) is 2. The predicted octanol–water partition coefficient (Wildman–Crippen LogP) is 9.50. The number of nitrogens with zero attached hydrogens (tertiary/aromatic N) is 8. The highest BCUT2D eigenvalue weighted by Gasteiger charge is 2.05. The topological polar surface area (TPSA) is 178 Å². The first-order valence-electron chi connectivity index (χ1n) is 21.5. The molecule has 0 atom stereocenters. The van der Waals surface area contributed by atoms with Gasteiger partial charge in [-0.1, -0.05) is 40.7 Å². The Morgan fingerprint density at radius 3 is 1.53 bits per heavy atom. The summed E-state index contributed by atoms with van der Waals surface area (Å²) in [5.74, 6) is 1.72. The molecule has 0 fully saturated rings. The Hall–Kier alpha value is -6.89. The second-order valence-electron chi connectivity index (χ2n) is 14.7. The van der Waals surface area contributed by atoms with Crippen molar-refractivity contribution in [3.8, 4) is 0 Å². The average Bonchev–Trinajstić information content (AvgIpc) is 3.27. The van der Waals surface area contributed by atoms with Crippen molar-refractivity contribution in [1.29, 1.82) is 0 Å². The van der Waals surface area contributed by atoms with E-state index in [1.54, 1.807) is 49.3 Å². The number of hydrogen-bond acceptors (Lipinski definition) is 10. The van der Waals surface area contributed by atoms with Crippen molar-refractivity contribution in [2.24, 2.45) is 0 Å². The highest BCUT2D eigenvalue weighted by atomic mass is 19.1. The molecule has 342 valence electrons. The second kappa shape index (κ2) is 31.0. The van der Waals surface area contributed by atoms with E-state index in [4.69, 9.17) is 21.9 Å². The van der Waals surface area contributed by atoms with Gasteiger partial charge < -0.3 is 11.5 Å². The zero-order valence-corrected chi connectivity index (χ0v) is 40.0. The fourth-order valence-corrected chi connectivity index (χ4v) is 5.41. The van der Waals surface area contributed by atoms with E-state index < -0.39 is 0 Å². The Kier molecular flexibility index (Phi) is 26.7. The van der Waals surface area contributed by atoms with E-state index in [-0.39, 0.29) is 5.82 Å². The van der Waals surface area contributed by atoms with Crippen LogP contribution in [0.25, 0.3) is 0 Å². The van der Waals surface area contributed by atoms with E-state index in [9.17, 15) is 4.39 Å². The van der Waals surface area contributed by atoms with Crippen LogP contribution >= 0.6 is 0 Å². The molecule has 0 saturated carbocycles. The van der Waals surface area contributed by atoms with Gasteiger partial charge in [0.25, 0.3) is 0 Å². The van der Waals surface area contributed by atoms with Gasteiger partial charge in [0.2, 0.25) is 30.2 Å². The molecule has 0 amide bonds. The van der Waals surface area contributed by atoms with E-state index in [1.165, 1.54) is 39.6 Å². The summed E-state index contributed by atoms with van der Waals surface area (Å²) in [4.78, 5) is 23.8. The van der Waals surface area contributed by atoms with Crippen molar-refractivity contribution in [3.63, 3.8) is 0 Å². The summed E-state index contributed by atoms with van der Waals surface area (Å²) in [5.41, 5.74) is 23.0. The first-order valence-corrected chi connectivity index (χ1v) is 21.5. The van der Waals surface area contributed by atoms with Gasteiger partial charge in [0, 0.05) is 87.9 Å². The van der Waals surface area contributed by atoms with Crippen LogP contribution < -0.4 is 20.9 Å². The van der Waals surface area contributed by atoms with E-state index in [1.807, 2.05) is 110 Å². The van der Waals surface area contributed by atoms with Crippen molar-refractivity contribution in [1.82, 2.24) is 29.9 Å². The number of anilines is 2. The molecule has 0 aliphatic carbocycles. The van der Waals surface area contributed by atoms with Crippen molar-refractivity contribution in [3.05, 3.63) is 190 Å². The molecule has 6 heterocycles. The van der Waals surface area contributed by atoms with Gasteiger partial charge in [-0.3, -0.25) is 15.4 Å². The quantitative estimate of drug-likeness (QED) is 0.0962. The van der Waals surface area contributed by atoms with E-state index in [2.05, 4.69) is 63.7 Å². The minimum absolute atomic E-state index is 0.137. The van der Waals surface area contributed by atoms with Gasteiger partial charge in [-0.15, -0.1) is 0 Å². The van der Waals surface area contributed by atoms with Crippen molar-refractivity contribution in [2.45, 2.75) is 115 Å². The summed E-state index contributed by atoms with van der Waals surface area (Å²) in [6.07, 6.45) is 16.7. The van der Waals surface area contributed by atoms with Crippen LogP contribution in [0.3, 0.4) is 0 Å². The van der Waals surface area contributed by atoms with Crippen LogP contribution in [-0.4, -0.2) is 40.3 Å². The van der Waals surface area contributed by atoms with Crippen LogP contribution in [-0.2, 0) is 32.1 Å². The number of benzene rings is 1. The van der Waals surface area contributed by atoms with Gasteiger partial charge >= 0.3 is 0 Å².